The van der Waals surface area contributed by atoms with Gasteiger partial charge in [-0.05, 0) is 54.5 Å². The van der Waals surface area contributed by atoms with Crippen LogP contribution in [0.25, 0.3) is 0 Å². The fraction of sp³-hybridized carbons (Fsp3) is 0.667. The lowest BCUT2D eigenvalue weighted by Gasteiger charge is -2.29. The molecule has 0 aliphatic heterocycles. The van der Waals surface area contributed by atoms with E-state index in [1.807, 2.05) is 0 Å². The molecule has 0 unspecified atom stereocenters. The summed E-state index contributed by atoms with van der Waals surface area (Å²) >= 11 is 3.43. The van der Waals surface area contributed by atoms with Crippen molar-refractivity contribution in [3.05, 3.63) is 26.3 Å². The molecule has 21 heavy (non-hydrogen) atoms. The highest BCUT2D eigenvalue weighted by molar-refractivity contribution is 9.10. The van der Waals surface area contributed by atoms with Gasteiger partial charge in [0, 0.05) is 11.6 Å². The average molecular weight is 356 g/mol. The first-order valence-electron chi connectivity index (χ1n) is 7.59. The highest BCUT2D eigenvalue weighted by Crippen LogP contribution is 2.34. The van der Waals surface area contributed by atoms with Gasteiger partial charge in [-0.2, -0.15) is 0 Å². The highest BCUT2D eigenvalue weighted by Gasteiger charge is 2.23. The monoisotopic (exact) mass is 355 g/mol. The largest absolute Gasteiger partial charge is 0.366 e. The maximum absolute atomic E-state index is 10.9. The third-order valence-corrected chi connectivity index (χ3v) is 5.29. The molecule has 1 aliphatic rings. The molecule has 116 valence electrons. The topological polar surface area (TPSA) is 68.1 Å². The van der Waals surface area contributed by atoms with Gasteiger partial charge < -0.3 is 5.32 Å². The SMILES string of the molecule is CCCC1CCC(Nc2ncc([N+](=O)[O-])c(C)c2Br)CC1. The van der Waals surface area contributed by atoms with E-state index in [0.717, 1.165) is 24.6 Å². The maximum atomic E-state index is 10.9. The second-order valence-corrected chi connectivity index (χ2v) is 6.63. The first-order valence-corrected chi connectivity index (χ1v) is 8.38. The molecule has 0 bridgehead atoms. The lowest BCUT2D eigenvalue weighted by Crippen LogP contribution is -2.26. The van der Waals surface area contributed by atoms with Crippen LogP contribution in [-0.2, 0) is 0 Å². The lowest BCUT2D eigenvalue weighted by atomic mass is 9.83. The van der Waals surface area contributed by atoms with Gasteiger partial charge in [0.15, 0.2) is 0 Å². The van der Waals surface area contributed by atoms with Crippen molar-refractivity contribution in [3.63, 3.8) is 0 Å². The third kappa shape index (κ3) is 3.93. The molecule has 1 heterocycles. The van der Waals surface area contributed by atoms with Crippen molar-refractivity contribution in [2.75, 3.05) is 5.32 Å². The summed E-state index contributed by atoms with van der Waals surface area (Å²) < 4.78 is 0.701. The predicted molar refractivity (Wildman–Crippen MR) is 87.6 cm³/mol. The second-order valence-electron chi connectivity index (χ2n) is 5.84. The van der Waals surface area contributed by atoms with Gasteiger partial charge in [-0.1, -0.05) is 19.8 Å². The molecule has 0 saturated heterocycles. The van der Waals surface area contributed by atoms with Gasteiger partial charge >= 0.3 is 0 Å². The van der Waals surface area contributed by atoms with E-state index in [1.54, 1.807) is 6.92 Å². The second kappa shape index (κ2) is 7.20. The molecule has 0 spiro atoms. The van der Waals surface area contributed by atoms with Crippen molar-refractivity contribution in [3.8, 4) is 0 Å². The van der Waals surface area contributed by atoms with E-state index in [9.17, 15) is 10.1 Å². The number of aromatic nitrogens is 1. The summed E-state index contributed by atoms with van der Waals surface area (Å²) in [7, 11) is 0. The minimum Gasteiger partial charge on any atom is -0.366 e. The van der Waals surface area contributed by atoms with E-state index in [0.29, 0.717) is 16.1 Å². The Morgan fingerprint density at radius 2 is 2.10 bits per heavy atom. The molecule has 0 radical (unpaired) electrons. The zero-order valence-corrected chi connectivity index (χ0v) is 14.1. The number of pyridine rings is 1. The molecule has 0 amide bonds. The molecule has 1 aliphatic carbocycles. The van der Waals surface area contributed by atoms with Gasteiger partial charge in [-0.25, -0.2) is 4.98 Å². The highest BCUT2D eigenvalue weighted by atomic mass is 79.9. The summed E-state index contributed by atoms with van der Waals surface area (Å²) in [6.07, 6.45) is 8.74. The first-order chi connectivity index (χ1) is 10.0. The van der Waals surface area contributed by atoms with Crippen LogP contribution in [-0.4, -0.2) is 15.9 Å². The van der Waals surface area contributed by atoms with Gasteiger partial charge in [-0.15, -0.1) is 0 Å². The van der Waals surface area contributed by atoms with Crippen LogP contribution in [0.2, 0.25) is 0 Å². The maximum Gasteiger partial charge on any atom is 0.291 e. The van der Waals surface area contributed by atoms with E-state index in [2.05, 4.69) is 33.2 Å². The molecule has 1 N–H and O–H groups in total. The Morgan fingerprint density at radius 1 is 1.43 bits per heavy atom. The lowest BCUT2D eigenvalue weighted by molar-refractivity contribution is -0.385. The molecule has 0 aromatic carbocycles. The van der Waals surface area contributed by atoms with Crippen molar-refractivity contribution in [2.45, 2.75) is 58.4 Å². The van der Waals surface area contributed by atoms with E-state index in [1.165, 1.54) is 31.9 Å². The molecule has 5 nitrogen and oxygen atoms in total. The molecular formula is C15H22BrN3O2. The van der Waals surface area contributed by atoms with Crippen LogP contribution in [0.3, 0.4) is 0 Å². The van der Waals surface area contributed by atoms with Crippen LogP contribution in [0, 0.1) is 23.0 Å². The Morgan fingerprint density at radius 3 is 2.67 bits per heavy atom. The Labute approximate surface area is 133 Å². The fourth-order valence-electron chi connectivity index (χ4n) is 3.05. The number of nitrogens with zero attached hydrogens (tertiary/aromatic N) is 2. The van der Waals surface area contributed by atoms with E-state index < -0.39 is 4.92 Å². The standard InChI is InChI=1S/C15H22BrN3O2/c1-3-4-11-5-7-12(8-6-11)18-15-14(16)10(2)13(9-17-15)19(20)21/h9,11-12H,3-8H2,1-2H3,(H,17,18). The first kappa shape index (κ1) is 16.2. The molecule has 2 rings (SSSR count). The zero-order valence-electron chi connectivity index (χ0n) is 12.6. The van der Waals surface area contributed by atoms with Crippen molar-refractivity contribution in [1.82, 2.24) is 4.98 Å². The van der Waals surface area contributed by atoms with Crippen molar-refractivity contribution in [1.29, 1.82) is 0 Å². The zero-order chi connectivity index (χ0) is 15.4. The summed E-state index contributed by atoms with van der Waals surface area (Å²) in [5.74, 6) is 1.58. The minimum absolute atomic E-state index is 0.0547. The molecular weight excluding hydrogens is 334 g/mol. The fourth-order valence-corrected chi connectivity index (χ4v) is 3.47. The van der Waals surface area contributed by atoms with Crippen LogP contribution >= 0.6 is 15.9 Å². The third-order valence-electron chi connectivity index (χ3n) is 4.32. The molecule has 0 atom stereocenters. The normalized spacial score (nSPS) is 22.0. The summed E-state index contributed by atoms with van der Waals surface area (Å²) in [6, 6.07) is 0.419. The van der Waals surface area contributed by atoms with E-state index in [4.69, 9.17) is 0 Å². The number of nitrogens with one attached hydrogen (secondary N) is 1. The van der Waals surface area contributed by atoms with Crippen molar-refractivity contribution in [2.24, 2.45) is 5.92 Å². The number of hydrogen-bond donors (Lipinski definition) is 1. The van der Waals surface area contributed by atoms with E-state index in [-0.39, 0.29) is 5.69 Å². The van der Waals surface area contributed by atoms with Crippen LogP contribution in [0.4, 0.5) is 11.5 Å². The Kier molecular flexibility index (Phi) is 5.56. The van der Waals surface area contributed by atoms with Crippen LogP contribution in [0.1, 0.15) is 51.0 Å². The minimum atomic E-state index is -0.396. The van der Waals surface area contributed by atoms with Gasteiger partial charge in [0.25, 0.3) is 5.69 Å². The number of halogens is 1. The average Bonchev–Trinajstić information content (AvgIpc) is 2.46. The Hall–Kier alpha value is -1.17. The molecule has 1 aromatic rings. The number of nitro groups is 1. The quantitative estimate of drug-likeness (QED) is 0.606. The van der Waals surface area contributed by atoms with Crippen LogP contribution < -0.4 is 5.32 Å². The smallest absolute Gasteiger partial charge is 0.291 e. The molecule has 1 aromatic heterocycles. The van der Waals surface area contributed by atoms with Gasteiger partial charge in [0.05, 0.1) is 9.40 Å². The molecule has 1 saturated carbocycles. The van der Waals surface area contributed by atoms with Crippen LogP contribution in [0.5, 0.6) is 0 Å². The Balaban J connectivity index is 2.01. The Bertz CT molecular complexity index is 514. The van der Waals surface area contributed by atoms with E-state index >= 15 is 0 Å². The van der Waals surface area contributed by atoms with Crippen LogP contribution in [0.15, 0.2) is 10.7 Å². The van der Waals surface area contributed by atoms with Crippen molar-refractivity contribution < 1.29 is 4.92 Å². The van der Waals surface area contributed by atoms with Gasteiger partial charge in [0.1, 0.15) is 12.0 Å². The summed E-state index contributed by atoms with van der Waals surface area (Å²) in [6.45, 7) is 3.98. The molecule has 1 fully saturated rings. The summed E-state index contributed by atoms with van der Waals surface area (Å²) in [4.78, 5) is 14.7. The molecule has 6 heteroatoms. The summed E-state index contributed by atoms with van der Waals surface area (Å²) in [5, 5.41) is 14.3. The van der Waals surface area contributed by atoms with Gasteiger partial charge in [0.2, 0.25) is 0 Å². The van der Waals surface area contributed by atoms with Gasteiger partial charge in [-0.3, -0.25) is 10.1 Å². The summed E-state index contributed by atoms with van der Waals surface area (Å²) in [5.41, 5.74) is 0.677. The predicted octanol–water partition coefficient (Wildman–Crippen LogP) is 4.83. The number of hydrogen-bond acceptors (Lipinski definition) is 4. The van der Waals surface area contributed by atoms with Crippen molar-refractivity contribution >= 4 is 27.4 Å². The number of rotatable bonds is 5. The number of anilines is 1.